The number of pyridine rings is 2. The van der Waals surface area contributed by atoms with Crippen LogP contribution in [-0.2, 0) is 0 Å². The summed E-state index contributed by atoms with van der Waals surface area (Å²) in [5.74, 6) is 1.88. The lowest BCUT2D eigenvalue weighted by molar-refractivity contribution is 1.07. The number of hydrogen-bond acceptors (Lipinski definition) is 5. The molecule has 0 unspecified atom stereocenters. The van der Waals surface area contributed by atoms with Crippen LogP contribution in [0.1, 0.15) is 0 Å². The summed E-state index contributed by atoms with van der Waals surface area (Å²) in [5, 5.41) is 2.11. The molecule has 0 bridgehead atoms. The van der Waals surface area contributed by atoms with Gasteiger partial charge < -0.3 is 0 Å². The van der Waals surface area contributed by atoms with E-state index in [0.717, 1.165) is 60.8 Å². The Kier molecular flexibility index (Phi) is 6.39. The number of hydrogen-bond donors (Lipinski definition) is 0. The van der Waals surface area contributed by atoms with Gasteiger partial charge in [0.1, 0.15) is 0 Å². The zero-order chi connectivity index (χ0) is 29.3. The van der Waals surface area contributed by atoms with Crippen molar-refractivity contribution in [3.8, 4) is 56.4 Å². The molecule has 3 aromatic heterocycles. The van der Waals surface area contributed by atoms with E-state index in [4.69, 9.17) is 19.9 Å². The average molecular weight is 564 g/mol. The molecule has 3 heterocycles. The van der Waals surface area contributed by atoms with E-state index >= 15 is 0 Å². The minimum atomic E-state index is 0.613. The van der Waals surface area contributed by atoms with E-state index in [0.29, 0.717) is 17.5 Å². The van der Waals surface area contributed by atoms with Gasteiger partial charge in [0, 0.05) is 39.9 Å². The van der Waals surface area contributed by atoms with Crippen LogP contribution >= 0.6 is 0 Å². The second-order valence-corrected chi connectivity index (χ2v) is 10.6. The molecular weight excluding hydrogens is 538 g/mol. The molecule has 206 valence electrons. The molecule has 0 aliphatic carbocycles. The quantitative estimate of drug-likeness (QED) is 0.195. The molecule has 0 saturated carbocycles. The first-order valence-electron chi connectivity index (χ1n) is 14.5. The zero-order valence-electron chi connectivity index (χ0n) is 23.7. The molecule has 5 heteroatoms. The number of benzene rings is 5. The lowest BCUT2D eigenvalue weighted by Gasteiger charge is -2.14. The first-order valence-corrected chi connectivity index (χ1v) is 14.5. The molecule has 0 atom stereocenters. The van der Waals surface area contributed by atoms with Gasteiger partial charge in [-0.25, -0.2) is 15.0 Å². The van der Waals surface area contributed by atoms with Crippen LogP contribution in [-0.4, -0.2) is 24.9 Å². The third kappa shape index (κ3) is 4.76. The van der Waals surface area contributed by atoms with Gasteiger partial charge in [-0.3, -0.25) is 9.97 Å². The normalized spacial score (nSPS) is 11.2. The number of nitrogens with zero attached hydrogens (tertiary/aromatic N) is 5. The first-order chi connectivity index (χ1) is 21.8. The van der Waals surface area contributed by atoms with Crippen molar-refractivity contribution in [1.29, 1.82) is 0 Å². The predicted molar refractivity (Wildman–Crippen MR) is 178 cm³/mol. The Labute approximate surface area is 254 Å². The van der Waals surface area contributed by atoms with Crippen LogP contribution < -0.4 is 0 Å². The van der Waals surface area contributed by atoms with E-state index in [9.17, 15) is 0 Å². The fourth-order valence-corrected chi connectivity index (χ4v) is 5.65. The van der Waals surface area contributed by atoms with Crippen LogP contribution in [0.5, 0.6) is 0 Å². The van der Waals surface area contributed by atoms with Crippen molar-refractivity contribution in [2.24, 2.45) is 0 Å². The number of fused-ring (bicyclic) bond motifs is 3. The molecule has 0 radical (unpaired) electrons. The molecule has 0 aliphatic rings. The van der Waals surface area contributed by atoms with Crippen molar-refractivity contribution < 1.29 is 0 Å². The molecular formula is C39H25N5. The van der Waals surface area contributed by atoms with Crippen LogP contribution in [0.25, 0.3) is 78.2 Å². The van der Waals surface area contributed by atoms with Crippen molar-refractivity contribution >= 4 is 21.8 Å². The van der Waals surface area contributed by atoms with Crippen LogP contribution in [0.4, 0.5) is 0 Å². The molecule has 0 fully saturated rings. The third-order valence-electron chi connectivity index (χ3n) is 7.79. The smallest absolute Gasteiger partial charge is 0.164 e. The minimum absolute atomic E-state index is 0.613. The first kappa shape index (κ1) is 25.6. The number of rotatable bonds is 5. The van der Waals surface area contributed by atoms with Gasteiger partial charge >= 0.3 is 0 Å². The van der Waals surface area contributed by atoms with Gasteiger partial charge in [0.2, 0.25) is 0 Å². The summed E-state index contributed by atoms with van der Waals surface area (Å²) in [6.45, 7) is 0. The Morgan fingerprint density at radius 2 is 0.886 bits per heavy atom. The summed E-state index contributed by atoms with van der Waals surface area (Å²) in [6.07, 6.45) is 3.68. The van der Waals surface area contributed by atoms with Gasteiger partial charge in [0.15, 0.2) is 17.5 Å². The fraction of sp³-hybridized carbons (Fsp3) is 0. The fourth-order valence-electron chi connectivity index (χ4n) is 5.65. The maximum absolute atomic E-state index is 5.03. The van der Waals surface area contributed by atoms with Gasteiger partial charge in [-0.2, -0.15) is 0 Å². The Hall–Kier alpha value is -6.07. The molecule has 0 aliphatic heterocycles. The second kappa shape index (κ2) is 11.0. The van der Waals surface area contributed by atoms with Gasteiger partial charge in [-0.1, -0.05) is 109 Å². The largest absolute Gasteiger partial charge is 0.254 e. The monoisotopic (exact) mass is 563 g/mol. The van der Waals surface area contributed by atoms with Crippen molar-refractivity contribution in [1.82, 2.24) is 24.9 Å². The van der Waals surface area contributed by atoms with E-state index in [1.807, 2.05) is 85.2 Å². The zero-order valence-corrected chi connectivity index (χ0v) is 23.7. The Morgan fingerprint density at radius 1 is 0.341 bits per heavy atom. The van der Waals surface area contributed by atoms with Gasteiger partial charge in [0.25, 0.3) is 0 Å². The van der Waals surface area contributed by atoms with Crippen LogP contribution in [0.15, 0.2) is 152 Å². The molecule has 8 aromatic rings. The van der Waals surface area contributed by atoms with E-state index in [2.05, 4.69) is 71.7 Å². The molecule has 44 heavy (non-hydrogen) atoms. The lowest BCUT2D eigenvalue weighted by atomic mass is 9.93. The molecule has 0 spiro atoms. The third-order valence-corrected chi connectivity index (χ3v) is 7.79. The minimum Gasteiger partial charge on any atom is -0.254 e. The topological polar surface area (TPSA) is 64.5 Å². The average Bonchev–Trinajstić information content (AvgIpc) is 3.12. The Bertz CT molecular complexity index is 2210. The molecule has 8 rings (SSSR count). The molecule has 0 saturated heterocycles. The lowest BCUT2D eigenvalue weighted by Crippen LogP contribution is -2.00. The predicted octanol–water partition coefficient (Wildman–Crippen LogP) is 9.30. The summed E-state index contributed by atoms with van der Waals surface area (Å²) in [5.41, 5.74) is 8.86. The van der Waals surface area contributed by atoms with Crippen molar-refractivity contribution in [2.45, 2.75) is 0 Å². The van der Waals surface area contributed by atoms with E-state index < -0.39 is 0 Å². The van der Waals surface area contributed by atoms with Gasteiger partial charge in [-0.15, -0.1) is 0 Å². The Balaban J connectivity index is 1.38. The highest BCUT2D eigenvalue weighted by Gasteiger charge is 2.16. The van der Waals surface area contributed by atoms with Gasteiger partial charge in [0.05, 0.1) is 11.0 Å². The van der Waals surface area contributed by atoms with Crippen molar-refractivity contribution in [2.75, 3.05) is 0 Å². The van der Waals surface area contributed by atoms with E-state index in [-0.39, 0.29) is 0 Å². The summed E-state index contributed by atoms with van der Waals surface area (Å²) < 4.78 is 0. The summed E-state index contributed by atoms with van der Waals surface area (Å²) in [6, 6.07) is 47.4. The van der Waals surface area contributed by atoms with Crippen molar-refractivity contribution in [3.05, 3.63) is 152 Å². The SMILES string of the molecule is c1ccc(-c2cc(-c3nc(-c4ccccc4)nc(-c4ccccc4)n3)cc(-c3ccnc4c3ccc3cccnc34)c2)cc1. The highest BCUT2D eigenvalue weighted by molar-refractivity contribution is 6.08. The van der Waals surface area contributed by atoms with Crippen molar-refractivity contribution in [3.63, 3.8) is 0 Å². The molecule has 0 N–H and O–H groups in total. The summed E-state index contributed by atoms with van der Waals surface area (Å²) >= 11 is 0. The van der Waals surface area contributed by atoms with E-state index in [1.54, 1.807) is 0 Å². The van der Waals surface area contributed by atoms with Crippen LogP contribution in [0, 0.1) is 0 Å². The maximum atomic E-state index is 5.03. The summed E-state index contributed by atoms with van der Waals surface area (Å²) in [4.78, 5) is 24.4. The Morgan fingerprint density at radius 3 is 1.55 bits per heavy atom. The standard InChI is InChI=1S/C39H25N5/c1-4-11-26(12-5-1)30-23-31(33-20-22-41-36-34(33)19-18-27-17-10-21-40-35(27)36)25-32(24-30)39-43-37(28-13-6-2-7-14-28)42-38(44-39)29-15-8-3-9-16-29/h1-25H. The highest BCUT2D eigenvalue weighted by atomic mass is 15.0. The molecule has 5 aromatic carbocycles. The maximum Gasteiger partial charge on any atom is 0.164 e. The molecule has 5 nitrogen and oxygen atoms in total. The van der Waals surface area contributed by atoms with Crippen LogP contribution in [0.2, 0.25) is 0 Å². The number of aromatic nitrogens is 5. The van der Waals surface area contributed by atoms with Crippen LogP contribution in [0.3, 0.4) is 0 Å². The van der Waals surface area contributed by atoms with E-state index in [1.165, 1.54) is 0 Å². The second-order valence-electron chi connectivity index (χ2n) is 10.6. The summed E-state index contributed by atoms with van der Waals surface area (Å²) in [7, 11) is 0. The van der Waals surface area contributed by atoms with Gasteiger partial charge in [-0.05, 0) is 52.6 Å². The highest BCUT2D eigenvalue weighted by Crippen LogP contribution is 2.36. The molecule has 0 amide bonds.